The third kappa shape index (κ3) is 3.50. The van der Waals surface area contributed by atoms with Crippen molar-refractivity contribution in [2.24, 2.45) is 0 Å². The summed E-state index contributed by atoms with van der Waals surface area (Å²) in [5.41, 5.74) is 0. The number of thiophene rings is 1. The third-order valence-electron chi connectivity index (χ3n) is 2.22. The molecule has 9 heteroatoms. The van der Waals surface area contributed by atoms with Gasteiger partial charge in [-0.05, 0) is 13.0 Å². The van der Waals surface area contributed by atoms with Crippen molar-refractivity contribution < 1.29 is 22.8 Å². The molecule has 1 N–H and O–H groups in total. The van der Waals surface area contributed by atoms with Crippen molar-refractivity contribution in [1.29, 1.82) is 0 Å². The fourth-order valence-corrected chi connectivity index (χ4v) is 2.35. The summed E-state index contributed by atoms with van der Waals surface area (Å²) in [6.07, 6.45) is 0. The maximum atomic E-state index is 12.2. The van der Waals surface area contributed by atoms with Gasteiger partial charge in [-0.2, -0.15) is 13.8 Å². The van der Waals surface area contributed by atoms with Gasteiger partial charge in [0.05, 0.1) is 6.54 Å². The van der Waals surface area contributed by atoms with Gasteiger partial charge in [-0.3, -0.25) is 4.79 Å². The molecule has 20 heavy (non-hydrogen) atoms. The largest absolute Gasteiger partial charge is 0.433 e. The molecule has 0 bridgehead atoms. The van der Waals surface area contributed by atoms with Gasteiger partial charge in [-0.1, -0.05) is 5.16 Å². The van der Waals surface area contributed by atoms with Crippen molar-refractivity contribution in [2.75, 3.05) is 0 Å². The Morgan fingerprint density at radius 3 is 2.90 bits per heavy atom. The number of aryl methyl sites for hydroxylation is 2. The van der Waals surface area contributed by atoms with Crippen molar-refractivity contribution in [2.45, 2.75) is 27.0 Å². The van der Waals surface area contributed by atoms with Crippen LogP contribution < -0.4 is 10.1 Å². The molecule has 2 aromatic heterocycles. The minimum atomic E-state index is -2.98. The SMILES string of the molecule is Cc1nc(CNC(=O)c2sc(C)cc2OC(F)F)no1. The van der Waals surface area contributed by atoms with Crippen LogP contribution in [0.25, 0.3) is 0 Å². The topological polar surface area (TPSA) is 77.2 Å². The number of aromatic nitrogens is 2. The van der Waals surface area contributed by atoms with E-state index in [0.29, 0.717) is 16.6 Å². The van der Waals surface area contributed by atoms with E-state index in [9.17, 15) is 13.6 Å². The first-order valence-corrected chi connectivity index (χ1v) is 6.40. The number of nitrogens with one attached hydrogen (secondary N) is 1. The molecule has 0 aliphatic carbocycles. The minimum Gasteiger partial charge on any atom is -0.433 e. The summed E-state index contributed by atoms with van der Waals surface area (Å²) >= 11 is 1.07. The molecule has 0 spiro atoms. The summed E-state index contributed by atoms with van der Waals surface area (Å²) in [5.74, 6) is 0.0221. The van der Waals surface area contributed by atoms with Gasteiger partial charge in [-0.25, -0.2) is 0 Å². The molecule has 2 rings (SSSR count). The van der Waals surface area contributed by atoms with Gasteiger partial charge in [0.15, 0.2) is 5.82 Å². The summed E-state index contributed by atoms with van der Waals surface area (Å²) in [7, 11) is 0. The summed E-state index contributed by atoms with van der Waals surface area (Å²) in [6.45, 7) is 0.384. The lowest BCUT2D eigenvalue weighted by Gasteiger charge is -2.05. The van der Waals surface area contributed by atoms with Crippen LogP contribution in [-0.4, -0.2) is 22.7 Å². The maximum Gasteiger partial charge on any atom is 0.387 e. The van der Waals surface area contributed by atoms with Crippen molar-refractivity contribution in [3.63, 3.8) is 0 Å². The molecule has 2 heterocycles. The standard InChI is InChI=1S/C11H11F2N3O3S/c1-5-3-7(18-11(12)13)9(20-5)10(17)14-4-8-15-6(2)19-16-8/h3,11H,4H2,1-2H3,(H,14,17). The Morgan fingerprint density at radius 2 is 2.30 bits per heavy atom. The minimum absolute atomic E-state index is 0.0429. The predicted molar refractivity (Wildman–Crippen MR) is 65.9 cm³/mol. The highest BCUT2D eigenvalue weighted by Gasteiger charge is 2.19. The highest BCUT2D eigenvalue weighted by atomic mass is 32.1. The van der Waals surface area contributed by atoms with Crippen LogP contribution in [0.1, 0.15) is 26.3 Å². The second-order valence-electron chi connectivity index (χ2n) is 3.84. The lowest BCUT2D eigenvalue weighted by atomic mass is 10.3. The van der Waals surface area contributed by atoms with Crippen LogP contribution in [-0.2, 0) is 6.54 Å². The van der Waals surface area contributed by atoms with Crippen LogP contribution in [0.15, 0.2) is 10.6 Å². The Kier molecular flexibility index (Phi) is 4.28. The van der Waals surface area contributed by atoms with E-state index in [1.807, 2.05) is 0 Å². The molecule has 6 nitrogen and oxygen atoms in total. The number of halogens is 2. The molecule has 0 radical (unpaired) electrons. The molecule has 0 fully saturated rings. The molecule has 0 saturated carbocycles. The molecular formula is C11H11F2N3O3S. The van der Waals surface area contributed by atoms with E-state index in [4.69, 9.17) is 4.52 Å². The number of carbonyl (C=O) groups is 1. The Bertz CT molecular complexity index is 612. The fraction of sp³-hybridized carbons (Fsp3) is 0.364. The lowest BCUT2D eigenvalue weighted by molar-refractivity contribution is -0.0498. The third-order valence-corrected chi connectivity index (χ3v) is 3.25. The van der Waals surface area contributed by atoms with Gasteiger partial charge >= 0.3 is 6.61 Å². The molecule has 0 aliphatic rings. The molecule has 108 valence electrons. The van der Waals surface area contributed by atoms with E-state index in [0.717, 1.165) is 11.3 Å². The normalized spacial score (nSPS) is 10.8. The molecule has 0 aliphatic heterocycles. The van der Waals surface area contributed by atoms with E-state index in [-0.39, 0.29) is 17.2 Å². The van der Waals surface area contributed by atoms with Gasteiger partial charge in [0.25, 0.3) is 5.91 Å². The van der Waals surface area contributed by atoms with E-state index in [1.54, 1.807) is 13.8 Å². The van der Waals surface area contributed by atoms with Crippen molar-refractivity contribution in [3.05, 3.63) is 27.5 Å². The van der Waals surface area contributed by atoms with Crippen LogP contribution in [0.2, 0.25) is 0 Å². The molecule has 0 unspecified atom stereocenters. The zero-order chi connectivity index (χ0) is 14.7. The lowest BCUT2D eigenvalue weighted by Crippen LogP contribution is -2.23. The second-order valence-corrected chi connectivity index (χ2v) is 5.10. The number of carbonyl (C=O) groups excluding carboxylic acids is 1. The first-order valence-electron chi connectivity index (χ1n) is 5.58. The van der Waals surface area contributed by atoms with Gasteiger partial charge < -0.3 is 14.6 Å². The number of rotatable bonds is 5. The van der Waals surface area contributed by atoms with Gasteiger partial charge in [0, 0.05) is 11.8 Å². The van der Waals surface area contributed by atoms with E-state index >= 15 is 0 Å². The smallest absolute Gasteiger partial charge is 0.387 e. The average Bonchev–Trinajstić information content (AvgIpc) is 2.92. The zero-order valence-electron chi connectivity index (χ0n) is 10.6. The first-order chi connectivity index (χ1) is 9.45. The maximum absolute atomic E-state index is 12.2. The number of alkyl halides is 2. The van der Waals surface area contributed by atoms with E-state index < -0.39 is 12.5 Å². The quantitative estimate of drug-likeness (QED) is 0.917. The highest BCUT2D eigenvalue weighted by Crippen LogP contribution is 2.30. The summed E-state index contributed by atoms with van der Waals surface area (Å²) < 4.78 is 33.5. The Morgan fingerprint density at radius 1 is 1.55 bits per heavy atom. The first kappa shape index (κ1) is 14.4. The van der Waals surface area contributed by atoms with Crippen molar-refractivity contribution in [3.8, 4) is 5.75 Å². The molecule has 0 atom stereocenters. The molecule has 0 saturated heterocycles. The van der Waals surface area contributed by atoms with Crippen LogP contribution >= 0.6 is 11.3 Å². The number of ether oxygens (including phenoxy) is 1. The van der Waals surface area contributed by atoms with Crippen LogP contribution in [0, 0.1) is 13.8 Å². The average molecular weight is 303 g/mol. The van der Waals surface area contributed by atoms with Crippen LogP contribution in [0.4, 0.5) is 8.78 Å². The Balaban J connectivity index is 2.05. The summed E-state index contributed by atoms with van der Waals surface area (Å²) in [4.78, 5) is 16.6. The molecular weight excluding hydrogens is 292 g/mol. The zero-order valence-corrected chi connectivity index (χ0v) is 11.5. The van der Waals surface area contributed by atoms with Gasteiger partial charge in [0.2, 0.25) is 5.89 Å². The molecule has 2 aromatic rings. The van der Waals surface area contributed by atoms with E-state index in [1.165, 1.54) is 6.07 Å². The highest BCUT2D eigenvalue weighted by molar-refractivity contribution is 7.14. The molecule has 1 amide bonds. The predicted octanol–water partition coefficient (Wildman–Crippen LogP) is 2.28. The Hall–Kier alpha value is -2.03. The number of hydrogen-bond acceptors (Lipinski definition) is 6. The van der Waals surface area contributed by atoms with E-state index in [2.05, 4.69) is 20.2 Å². The Labute approximate surface area is 116 Å². The number of hydrogen-bond donors (Lipinski definition) is 1. The van der Waals surface area contributed by atoms with Gasteiger partial charge in [-0.15, -0.1) is 11.3 Å². The molecule has 0 aromatic carbocycles. The van der Waals surface area contributed by atoms with Crippen molar-refractivity contribution >= 4 is 17.2 Å². The monoisotopic (exact) mass is 303 g/mol. The fourth-order valence-electron chi connectivity index (χ4n) is 1.49. The summed E-state index contributed by atoms with van der Waals surface area (Å²) in [5, 5.41) is 6.13. The van der Waals surface area contributed by atoms with Crippen LogP contribution in [0.5, 0.6) is 5.75 Å². The number of amides is 1. The second kappa shape index (κ2) is 5.95. The van der Waals surface area contributed by atoms with Crippen LogP contribution in [0.3, 0.4) is 0 Å². The van der Waals surface area contributed by atoms with Crippen molar-refractivity contribution in [1.82, 2.24) is 15.5 Å². The summed E-state index contributed by atoms with van der Waals surface area (Å²) in [6, 6.07) is 1.39. The van der Waals surface area contributed by atoms with Gasteiger partial charge in [0.1, 0.15) is 10.6 Å². The number of nitrogens with zero attached hydrogens (tertiary/aromatic N) is 2.